The molecule has 0 aliphatic carbocycles. The molecule has 1 unspecified atom stereocenters. The number of para-hydroxylation sites is 1. The third-order valence-electron chi connectivity index (χ3n) is 3.56. The van der Waals surface area contributed by atoms with E-state index in [1.54, 1.807) is 6.07 Å². The molecule has 5 nitrogen and oxygen atoms in total. The fourth-order valence-corrected chi connectivity index (χ4v) is 2.37. The second kappa shape index (κ2) is 7.13. The number of aromatic nitrogens is 1. The first-order valence-electron chi connectivity index (χ1n) is 7.57. The molecule has 23 heavy (non-hydrogen) atoms. The minimum absolute atomic E-state index is 0.172. The van der Waals surface area contributed by atoms with Crippen LogP contribution in [0.15, 0.2) is 47.4 Å². The van der Waals surface area contributed by atoms with Gasteiger partial charge in [-0.25, -0.2) is 4.79 Å². The van der Waals surface area contributed by atoms with Crippen molar-refractivity contribution in [3.63, 3.8) is 0 Å². The molecule has 1 N–H and O–H groups in total. The lowest BCUT2D eigenvalue weighted by atomic mass is 10.0. The van der Waals surface area contributed by atoms with Crippen molar-refractivity contribution in [1.82, 2.24) is 4.57 Å². The van der Waals surface area contributed by atoms with Gasteiger partial charge in [0, 0.05) is 12.3 Å². The van der Waals surface area contributed by atoms with Crippen molar-refractivity contribution in [2.45, 2.75) is 33.2 Å². The summed E-state index contributed by atoms with van der Waals surface area (Å²) in [5.74, 6) is 0.232. The van der Waals surface area contributed by atoms with Crippen LogP contribution in [0, 0.1) is 12.8 Å². The van der Waals surface area contributed by atoms with Gasteiger partial charge in [-0.05, 0) is 37.0 Å². The van der Waals surface area contributed by atoms with Gasteiger partial charge in [0.1, 0.15) is 17.5 Å². The molecule has 0 aliphatic rings. The first kappa shape index (κ1) is 16.8. The zero-order valence-electron chi connectivity index (χ0n) is 13.5. The molecule has 0 spiro atoms. The summed E-state index contributed by atoms with van der Waals surface area (Å²) in [5.41, 5.74) is 0.573. The van der Waals surface area contributed by atoms with E-state index >= 15 is 0 Å². The van der Waals surface area contributed by atoms with E-state index in [-0.39, 0.29) is 11.5 Å². The fourth-order valence-electron chi connectivity index (χ4n) is 2.37. The van der Waals surface area contributed by atoms with E-state index < -0.39 is 12.0 Å². The van der Waals surface area contributed by atoms with Gasteiger partial charge in [0.25, 0.3) is 5.56 Å². The van der Waals surface area contributed by atoms with Crippen molar-refractivity contribution < 1.29 is 14.6 Å². The zero-order valence-corrected chi connectivity index (χ0v) is 13.5. The topological polar surface area (TPSA) is 68.5 Å². The van der Waals surface area contributed by atoms with E-state index in [0.29, 0.717) is 17.9 Å². The third-order valence-corrected chi connectivity index (χ3v) is 3.56. The maximum atomic E-state index is 12.3. The normalized spacial score (nSPS) is 12.2. The molecule has 0 amide bonds. The van der Waals surface area contributed by atoms with E-state index in [2.05, 4.69) is 0 Å². The number of benzene rings is 1. The predicted octanol–water partition coefficient (Wildman–Crippen LogP) is 3.62. The molecule has 2 aromatic rings. The lowest BCUT2D eigenvalue weighted by Gasteiger charge is -2.18. The summed E-state index contributed by atoms with van der Waals surface area (Å²) >= 11 is 0. The number of carboxylic acid groups (broad SMARTS) is 1. The van der Waals surface area contributed by atoms with Crippen LogP contribution < -0.4 is 10.3 Å². The highest BCUT2D eigenvalue weighted by atomic mass is 16.5. The number of hydrogen-bond donors (Lipinski definition) is 1. The number of carbonyl (C=O) groups is 1. The van der Waals surface area contributed by atoms with E-state index in [9.17, 15) is 14.7 Å². The van der Waals surface area contributed by atoms with Gasteiger partial charge in [-0.1, -0.05) is 32.0 Å². The fraction of sp³-hybridized carbons (Fsp3) is 0.333. The molecule has 1 atom stereocenters. The maximum absolute atomic E-state index is 12.3. The van der Waals surface area contributed by atoms with Gasteiger partial charge in [-0.15, -0.1) is 0 Å². The van der Waals surface area contributed by atoms with Gasteiger partial charge in [0.05, 0.1) is 0 Å². The average molecular weight is 315 g/mol. The second-order valence-electron chi connectivity index (χ2n) is 5.96. The van der Waals surface area contributed by atoms with E-state index in [4.69, 9.17) is 4.74 Å². The first-order chi connectivity index (χ1) is 10.9. The number of aliphatic carboxylic acids is 1. The number of ether oxygens (including phenoxy) is 1. The Labute approximate surface area is 135 Å². The van der Waals surface area contributed by atoms with Crippen molar-refractivity contribution in [2.75, 3.05) is 0 Å². The van der Waals surface area contributed by atoms with Crippen molar-refractivity contribution >= 4 is 5.97 Å². The SMILES string of the molecule is Cc1ccccc1Oc1ccn(C(CC(C)C)C(=O)O)c(=O)c1. The highest BCUT2D eigenvalue weighted by molar-refractivity contribution is 5.71. The summed E-state index contributed by atoms with van der Waals surface area (Å²) in [6.45, 7) is 5.77. The van der Waals surface area contributed by atoms with Crippen LogP contribution in [0.3, 0.4) is 0 Å². The molecular formula is C18H21NO4. The van der Waals surface area contributed by atoms with Crippen molar-refractivity contribution in [3.8, 4) is 11.5 Å². The van der Waals surface area contributed by atoms with Crippen molar-refractivity contribution in [1.29, 1.82) is 0 Å². The van der Waals surface area contributed by atoms with Crippen LogP contribution in [-0.4, -0.2) is 15.6 Å². The van der Waals surface area contributed by atoms with Gasteiger partial charge >= 0.3 is 5.97 Å². The smallest absolute Gasteiger partial charge is 0.326 e. The van der Waals surface area contributed by atoms with Crippen LogP contribution >= 0.6 is 0 Å². The molecule has 1 heterocycles. The van der Waals surface area contributed by atoms with Crippen LogP contribution in [0.25, 0.3) is 0 Å². The highest BCUT2D eigenvalue weighted by Gasteiger charge is 2.22. The average Bonchev–Trinajstić information content (AvgIpc) is 2.47. The lowest BCUT2D eigenvalue weighted by molar-refractivity contribution is -0.141. The molecule has 0 fully saturated rings. The molecule has 5 heteroatoms. The van der Waals surface area contributed by atoms with E-state index in [1.165, 1.54) is 16.8 Å². The summed E-state index contributed by atoms with van der Waals surface area (Å²) in [6.07, 6.45) is 1.88. The second-order valence-corrected chi connectivity index (χ2v) is 5.96. The summed E-state index contributed by atoms with van der Waals surface area (Å²) < 4.78 is 6.95. The van der Waals surface area contributed by atoms with Gasteiger partial charge < -0.3 is 14.4 Å². The molecule has 0 saturated heterocycles. The number of nitrogens with zero attached hydrogens (tertiary/aromatic N) is 1. The molecule has 122 valence electrons. The van der Waals surface area contributed by atoms with Crippen LogP contribution in [0.5, 0.6) is 11.5 Å². The molecular weight excluding hydrogens is 294 g/mol. The van der Waals surface area contributed by atoms with Gasteiger partial charge in [0.15, 0.2) is 0 Å². The number of carboxylic acids is 1. The zero-order chi connectivity index (χ0) is 17.0. The Hall–Kier alpha value is -2.56. The number of pyridine rings is 1. The van der Waals surface area contributed by atoms with E-state index in [1.807, 2.05) is 45.0 Å². The van der Waals surface area contributed by atoms with Crippen LogP contribution in [-0.2, 0) is 4.79 Å². The predicted molar refractivity (Wildman–Crippen MR) is 88.1 cm³/mol. The highest BCUT2D eigenvalue weighted by Crippen LogP contribution is 2.24. The van der Waals surface area contributed by atoms with Crippen molar-refractivity contribution in [3.05, 3.63) is 58.5 Å². The third kappa shape index (κ3) is 4.22. The Balaban J connectivity index is 2.28. The van der Waals surface area contributed by atoms with Crippen molar-refractivity contribution in [2.24, 2.45) is 5.92 Å². The molecule has 2 rings (SSSR count). The van der Waals surface area contributed by atoms with Gasteiger partial charge in [-0.3, -0.25) is 4.79 Å². The minimum atomic E-state index is -1.01. The number of aryl methyl sites for hydroxylation is 1. The summed E-state index contributed by atoms with van der Waals surface area (Å²) in [7, 11) is 0. The molecule has 1 aromatic carbocycles. The van der Waals surface area contributed by atoms with Gasteiger partial charge in [-0.2, -0.15) is 0 Å². The quantitative estimate of drug-likeness (QED) is 0.884. The molecule has 0 bridgehead atoms. The summed E-state index contributed by atoms with van der Waals surface area (Å²) in [4.78, 5) is 23.7. The Morgan fingerprint density at radius 3 is 2.52 bits per heavy atom. The lowest BCUT2D eigenvalue weighted by Crippen LogP contribution is -2.30. The Morgan fingerprint density at radius 1 is 1.26 bits per heavy atom. The molecule has 0 saturated carbocycles. The minimum Gasteiger partial charge on any atom is -0.480 e. The molecule has 0 radical (unpaired) electrons. The number of rotatable bonds is 6. The Morgan fingerprint density at radius 2 is 1.96 bits per heavy atom. The maximum Gasteiger partial charge on any atom is 0.326 e. The molecule has 1 aromatic heterocycles. The largest absolute Gasteiger partial charge is 0.480 e. The van der Waals surface area contributed by atoms with Crippen LogP contribution in [0.2, 0.25) is 0 Å². The van der Waals surface area contributed by atoms with Gasteiger partial charge in [0.2, 0.25) is 0 Å². The monoisotopic (exact) mass is 315 g/mol. The standard InChI is InChI=1S/C18H21NO4/c1-12(2)10-15(18(21)22)19-9-8-14(11-17(19)20)23-16-7-5-4-6-13(16)3/h4-9,11-12,15H,10H2,1-3H3,(H,21,22). The summed E-state index contributed by atoms with van der Waals surface area (Å²) in [5, 5.41) is 9.35. The Bertz CT molecular complexity index is 749. The van der Waals surface area contributed by atoms with E-state index in [0.717, 1.165) is 5.56 Å². The summed E-state index contributed by atoms with van der Waals surface area (Å²) in [6, 6.07) is 9.57. The van der Waals surface area contributed by atoms with Crippen LogP contribution in [0.1, 0.15) is 31.9 Å². The van der Waals surface area contributed by atoms with Crippen LogP contribution in [0.4, 0.5) is 0 Å². The Kier molecular flexibility index (Phi) is 5.21. The molecule has 0 aliphatic heterocycles. The first-order valence-corrected chi connectivity index (χ1v) is 7.57. The number of hydrogen-bond acceptors (Lipinski definition) is 3.